The average Bonchev–Trinajstić information content (AvgIpc) is 3.19. The molecule has 2 aromatic heterocycles. The van der Waals surface area contributed by atoms with Gasteiger partial charge >= 0.3 is 5.69 Å². The van der Waals surface area contributed by atoms with E-state index in [1.807, 2.05) is 34.9 Å². The first-order valence-electron chi connectivity index (χ1n) is 10.7. The van der Waals surface area contributed by atoms with E-state index in [9.17, 15) is 9.59 Å². The van der Waals surface area contributed by atoms with Gasteiger partial charge in [0.1, 0.15) is 5.75 Å². The molecule has 0 saturated heterocycles. The number of rotatable bonds is 4. The summed E-state index contributed by atoms with van der Waals surface area (Å²) in [5.41, 5.74) is 1.74. The predicted molar refractivity (Wildman–Crippen MR) is 129 cm³/mol. The summed E-state index contributed by atoms with van der Waals surface area (Å²) in [5, 5.41) is 0.558. The Morgan fingerprint density at radius 2 is 1.91 bits per heavy atom. The number of hydrogen-bond acceptors (Lipinski definition) is 5. The fraction of sp³-hybridized carbons (Fsp3) is 0.292. The molecule has 0 amide bonds. The Hall–Kier alpha value is -3.52. The van der Waals surface area contributed by atoms with Crippen LogP contribution < -0.4 is 20.9 Å². The number of nitrogens with zero attached hydrogens (tertiary/aromatic N) is 5. The van der Waals surface area contributed by atoms with Crippen LogP contribution in [0.1, 0.15) is 12.5 Å². The molecular weight excluding hydrogens is 442 g/mol. The molecule has 1 aliphatic rings. The van der Waals surface area contributed by atoms with Gasteiger partial charge in [0, 0.05) is 36.9 Å². The first kappa shape index (κ1) is 21.3. The minimum atomic E-state index is -0.413. The lowest BCUT2D eigenvalue weighted by Crippen LogP contribution is -2.40. The molecule has 1 atom stereocenters. The van der Waals surface area contributed by atoms with Crippen molar-refractivity contribution in [2.24, 2.45) is 13.0 Å². The summed E-state index contributed by atoms with van der Waals surface area (Å²) in [5.74, 6) is 1.65. The van der Waals surface area contributed by atoms with Gasteiger partial charge in [0.25, 0.3) is 5.56 Å². The molecule has 2 aromatic carbocycles. The third kappa shape index (κ3) is 3.60. The van der Waals surface area contributed by atoms with Gasteiger partial charge in [-0.05, 0) is 35.7 Å². The van der Waals surface area contributed by atoms with E-state index >= 15 is 0 Å². The second kappa shape index (κ2) is 8.12. The molecule has 3 heterocycles. The third-order valence-electron chi connectivity index (χ3n) is 6.04. The largest absolute Gasteiger partial charge is 0.497 e. The number of anilines is 2. The predicted octanol–water partition coefficient (Wildman–Crippen LogP) is 3.39. The van der Waals surface area contributed by atoms with Crippen molar-refractivity contribution in [3.8, 4) is 5.75 Å². The molecule has 0 bridgehead atoms. The number of ether oxygens (including phenoxy) is 1. The van der Waals surface area contributed by atoms with Gasteiger partial charge in [0.15, 0.2) is 11.2 Å². The van der Waals surface area contributed by atoms with Crippen molar-refractivity contribution >= 4 is 34.4 Å². The topological polar surface area (TPSA) is 74.3 Å². The van der Waals surface area contributed by atoms with Crippen molar-refractivity contribution in [1.29, 1.82) is 0 Å². The maximum atomic E-state index is 13.6. The molecule has 0 aliphatic carbocycles. The van der Waals surface area contributed by atoms with Crippen molar-refractivity contribution < 1.29 is 4.74 Å². The summed E-state index contributed by atoms with van der Waals surface area (Å²) >= 11 is 6.11. The Balaban J connectivity index is 1.71. The molecule has 170 valence electrons. The van der Waals surface area contributed by atoms with Crippen molar-refractivity contribution in [1.82, 2.24) is 18.7 Å². The molecule has 0 fully saturated rings. The van der Waals surface area contributed by atoms with E-state index in [1.54, 1.807) is 32.4 Å². The van der Waals surface area contributed by atoms with Crippen LogP contribution in [0.15, 0.2) is 58.1 Å². The van der Waals surface area contributed by atoms with E-state index in [1.165, 1.54) is 9.13 Å². The number of imidazole rings is 1. The zero-order valence-electron chi connectivity index (χ0n) is 18.7. The molecule has 4 aromatic rings. The van der Waals surface area contributed by atoms with Gasteiger partial charge in [-0.1, -0.05) is 36.7 Å². The number of methoxy groups -OCH3 is 1. The van der Waals surface area contributed by atoms with Crippen LogP contribution in [0.2, 0.25) is 5.02 Å². The fourth-order valence-corrected chi connectivity index (χ4v) is 4.67. The molecule has 9 heteroatoms. The first-order chi connectivity index (χ1) is 15.9. The number of aryl methyl sites for hydroxylation is 1. The van der Waals surface area contributed by atoms with Crippen molar-refractivity contribution in [3.63, 3.8) is 0 Å². The lowest BCUT2D eigenvalue weighted by Gasteiger charge is -2.33. The summed E-state index contributed by atoms with van der Waals surface area (Å²) < 4.78 is 10.0. The molecule has 0 radical (unpaired) electrons. The summed E-state index contributed by atoms with van der Waals surface area (Å²) in [4.78, 5) is 33.5. The Labute approximate surface area is 195 Å². The highest BCUT2D eigenvalue weighted by atomic mass is 35.5. The number of halogens is 1. The molecule has 0 saturated carbocycles. The normalized spacial score (nSPS) is 15.6. The molecule has 1 aliphatic heterocycles. The maximum Gasteiger partial charge on any atom is 0.332 e. The molecule has 0 N–H and O–H groups in total. The Kier molecular flexibility index (Phi) is 5.25. The second-order valence-corrected chi connectivity index (χ2v) is 8.91. The average molecular weight is 466 g/mol. The van der Waals surface area contributed by atoms with Gasteiger partial charge in [-0.25, -0.2) is 4.79 Å². The van der Waals surface area contributed by atoms with Crippen LogP contribution in [0.25, 0.3) is 11.2 Å². The first-order valence-corrected chi connectivity index (χ1v) is 11.1. The summed E-state index contributed by atoms with van der Waals surface area (Å²) in [6.07, 6.45) is 0. The Morgan fingerprint density at radius 1 is 1.12 bits per heavy atom. The van der Waals surface area contributed by atoms with Gasteiger partial charge in [0.2, 0.25) is 5.95 Å². The van der Waals surface area contributed by atoms with E-state index < -0.39 is 5.69 Å². The molecule has 0 unspecified atom stereocenters. The summed E-state index contributed by atoms with van der Waals surface area (Å²) in [6.45, 7) is 3.64. The van der Waals surface area contributed by atoms with Crippen LogP contribution in [-0.2, 0) is 20.1 Å². The fourth-order valence-electron chi connectivity index (χ4n) is 4.46. The van der Waals surface area contributed by atoms with Gasteiger partial charge < -0.3 is 14.2 Å². The van der Waals surface area contributed by atoms with Crippen LogP contribution in [0.4, 0.5) is 11.6 Å². The number of fused-ring (bicyclic) bond motifs is 3. The zero-order valence-corrected chi connectivity index (χ0v) is 19.4. The van der Waals surface area contributed by atoms with Crippen LogP contribution >= 0.6 is 11.6 Å². The minimum Gasteiger partial charge on any atom is -0.497 e. The smallest absolute Gasteiger partial charge is 0.332 e. The number of benzene rings is 2. The summed E-state index contributed by atoms with van der Waals surface area (Å²) in [7, 11) is 3.28. The molecule has 5 rings (SSSR count). The van der Waals surface area contributed by atoms with E-state index in [0.717, 1.165) is 23.5 Å². The summed E-state index contributed by atoms with van der Waals surface area (Å²) in [6, 6.07) is 14.9. The Bertz CT molecular complexity index is 1490. The van der Waals surface area contributed by atoms with Gasteiger partial charge in [-0.15, -0.1) is 0 Å². The highest BCUT2D eigenvalue weighted by Crippen LogP contribution is 2.34. The van der Waals surface area contributed by atoms with Crippen molar-refractivity contribution in [3.05, 3.63) is 80.0 Å². The van der Waals surface area contributed by atoms with E-state index in [4.69, 9.17) is 21.3 Å². The number of hydrogen-bond donors (Lipinski definition) is 0. The molecular formula is C24H24ClN5O3. The monoisotopic (exact) mass is 465 g/mol. The maximum absolute atomic E-state index is 13.6. The highest BCUT2D eigenvalue weighted by Gasteiger charge is 2.30. The van der Waals surface area contributed by atoms with Crippen LogP contribution in [-0.4, -0.2) is 32.3 Å². The van der Waals surface area contributed by atoms with Gasteiger partial charge in [-0.3, -0.25) is 13.9 Å². The van der Waals surface area contributed by atoms with Gasteiger partial charge in [0.05, 0.1) is 13.7 Å². The Morgan fingerprint density at radius 3 is 2.67 bits per heavy atom. The number of aromatic nitrogens is 4. The zero-order chi connectivity index (χ0) is 23.3. The van der Waals surface area contributed by atoms with E-state index in [-0.39, 0.29) is 18.0 Å². The van der Waals surface area contributed by atoms with Crippen LogP contribution in [0.5, 0.6) is 5.75 Å². The van der Waals surface area contributed by atoms with Crippen molar-refractivity contribution in [2.45, 2.75) is 20.0 Å². The van der Waals surface area contributed by atoms with E-state index in [0.29, 0.717) is 28.7 Å². The molecule has 33 heavy (non-hydrogen) atoms. The van der Waals surface area contributed by atoms with Crippen molar-refractivity contribution in [2.75, 3.05) is 18.6 Å². The van der Waals surface area contributed by atoms with Gasteiger partial charge in [-0.2, -0.15) is 4.98 Å². The quantitative estimate of drug-likeness (QED) is 0.462. The molecule has 8 nitrogen and oxygen atoms in total. The minimum absolute atomic E-state index is 0.137. The highest BCUT2D eigenvalue weighted by molar-refractivity contribution is 6.30. The molecule has 0 spiro atoms. The lowest BCUT2D eigenvalue weighted by molar-refractivity contribution is 0.414. The standard InChI is InChI=1S/C24H24ClN5O3/c1-15-12-28(18-8-5-9-19(11-18)33-3)23-26-21-20(29(23)13-15)22(31)30(24(32)27(21)2)14-16-6-4-7-17(25)10-16/h4-11,15H,12-14H2,1-3H3/t15-/m0/s1. The van der Waals surface area contributed by atoms with Crippen LogP contribution in [0.3, 0.4) is 0 Å². The SMILES string of the molecule is COc1cccc(N2C[C@H](C)Cn3c2nc2c3c(=O)n(Cc3cccc(Cl)c3)c(=O)n2C)c1. The lowest BCUT2D eigenvalue weighted by atomic mass is 10.1. The van der Waals surface area contributed by atoms with E-state index in [2.05, 4.69) is 11.8 Å². The van der Waals surface area contributed by atoms with Crippen LogP contribution in [0, 0.1) is 5.92 Å². The second-order valence-electron chi connectivity index (χ2n) is 8.47. The third-order valence-corrected chi connectivity index (χ3v) is 6.27.